The topological polar surface area (TPSA) is 91.0 Å². The Balaban J connectivity index is 1.60. The molecular weight excluding hydrogens is 432 g/mol. The largest absolute Gasteiger partial charge is 0.496 e. The van der Waals surface area contributed by atoms with Gasteiger partial charge in [0.1, 0.15) is 18.0 Å². The predicted octanol–water partition coefficient (Wildman–Crippen LogP) is 3.86. The Hall–Kier alpha value is -4.07. The van der Waals surface area contributed by atoms with Crippen LogP contribution >= 0.6 is 0 Å². The van der Waals surface area contributed by atoms with E-state index in [1.54, 1.807) is 37.5 Å². The minimum absolute atomic E-state index is 0.0851. The number of benzene rings is 2. The number of methoxy groups -OCH3 is 1. The molecule has 2 N–H and O–H groups in total. The quantitative estimate of drug-likeness (QED) is 0.522. The Labute approximate surface area is 198 Å². The molecule has 0 bridgehead atoms. The lowest BCUT2D eigenvalue weighted by Gasteiger charge is -2.41. The zero-order valence-electron chi connectivity index (χ0n) is 19.9. The number of allylic oxidation sites excluding steroid dienone is 1. The first-order valence-electron chi connectivity index (χ1n) is 11.0. The fourth-order valence-corrected chi connectivity index (χ4v) is 4.22. The van der Waals surface area contributed by atoms with Gasteiger partial charge in [0, 0.05) is 35.6 Å². The maximum atomic E-state index is 12.9. The number of rotatable bonds is 5. The van der Waals surface area contributed by atoms with Crippen LogP contribution in [0.15, 0.2) is 54.2 Å². The molecule has 0 aromatic heterocycles. The van der Waals surface area contributed by atoms with E-state index < -0.39 is 17.8 Å². The minimum atomic E-state index is -0.644. The molecule has 0 aliphatic carbocycles. The van der Waals surface area contributed by atoms with Gasteiger partial charge >= 0.3 is 6.03 Å². The summed E-state index contributed by atoms with van der Waals surface area (Å²) in [5, 5.41) is 5.25. The van der Waals surface area contributed by atoms with Gasteiger partial charge in [0.2, 0.25) is 5.91 Å². The second-order valence-corrected chi connectivity index (χ2v) is 8.95. The van der Waals surface area contributed by atoms with Crippen LogP contribution in [0.5, 0.6) is 5.75 Å². The number of urea groups is 1. The van der Waals surface area contributed by atoms with Crippen LogP contribution in [0.25, 0.3) is 11.6 Å². The lowest BCUT2D eigenvalue weighted by molar-refractivity contribution is -0.127. The van der Waals surface area contributed by atoms with Crippen molar-refractivity contribution in [3.05, 3.63) is 65.4 Å². The number of nitrogens with zero attached hydrogens (tertiary/aromatic N) is 2. The van der Waals surface area contributed by atoms with Crippen LogP contribution in [0.4, 0.5) is 16.2 Å². The fourth-order valence-electron chi connectivity index (χ4n) is 4.22. The van der Waals surface area contributed by atoms with E-state index in [2.05, 4.69) is 35.5 Å². The molecule has 8 heteroatoms. The van der Waals surface area contributed by atoms with Crippen molar-refractivity contribution in [3.8, 4) is 5.75 Å². The number of para-hydroxylation sites is 1. The highest BCUT2D eigenvalue weighted by atomic mass is 16.5. The summed E-state index contributed by atoms with van der Waals surface area (Å²) in [4.78, 5) is 40.8. The lowest BCUT2D eigenvalue weighted by atomic mass is 9.88. The Morgan fingerprint density at radius 2 is 1.88 bits per heavy atom. The summed E-state index contributed by atoms with van der Waals surface area (Å²) in [5.41, 5.74) is 4.32. The first kappa shape index (κ1) is 23.1. The van der Waals surface area contributed by atoms with Crippen molar-refractivity contribution >= 4 is 40.9 Å². The average Bonchev–Trinajstić information content (AvgIpc) is 3.05. The third-order valence-electron chi connectivity index (χ3n) is 6.19. The van der Waals surface area contributed by atoms with Gasteiger partial charge in [0.25, 0.3) is 5.91 Å². The summed E-state index contributed by atoms with van der Waals surface area (Å²) >= 11 is 0. The zero-order chi connectivity index (χ0) is 24.6. The van der Waals surface area contributed by atoms with Crippen LogP contribution in [-0.4, -0.2) is 49.0 Å². The molecule has 176 valence electrons. The molecule has 0 atom stereocenters. The van der Waals surface area contributed by atoms with Crippen molar-refractivity contribution in [2.24, 2.45) is 0 Å². The summed E-state index contributed by atoms with van der Waals surface area (Å²) in [6.45, 7) is 5.93. The molecule has 8 nitrogen and oxygen atoms in total. The molecule has 0 spiro atoms. The van der Waals surface area contributed by atoms with Crippen LogP contribution in [0.1, 0.15) is 31.9 Å². The summed E-state index contributed by atoms with van der Waals surface area (Å²) in [6, 6.07) is 12.1. The highest BCUT2D eigenvalue weighted by Gasteiger charge is 2.35. The zero-order valence-corrected chi connectivity index (χ0v) is 19.9. The van der Waals surface area contributed by atoms with Gasteiger partial charge in [0.15, 0.2) is 0 Å². The highest BCUT2D eigenvalue weighted by molar-refractivity contribution is 6.16. The molecule has 1 saturated heterocycles. The van der Waals surface area contributed by atoms with Crippen LogP contribution < -0.4 is 20.3 Å². The number of nitrogens with one attached hydrogen (secondary N) is 2. The Bertz CT molecular complexity index is 1230. The number of carbonyl (C=O) groups excluding carboxylic acids is 3. The van der Waals surface area contributed by atoms with Crippen molar-refractivity contribution in [3.63, 3.8) is 0 Å². The van der Waals surface area contributed by atoms with Gasteiger partial charge in [-0.05, 0) is 50.6 Å². The second kappa shape index (κ2) is 8.70. The number of hydrogen-bond donors (Lipinski definition) is 2. The number of anilines is 2. The van der Waals surface area contributed by atoms with Crippen molar-refractivity contribution in [1.29, 1.82) is 0 Å². The monoisotopic (exact) mass is 460 g/mol. The van der Waals surface area contributed by atoms with E-state index in [0.29, 0.717) is 17.0 Å². The van der Waals surface area contributed by atoms with Gasteiger partial charge in [-0.2, -0.15) is 0 Å². The van der Waals surface area contributed by atoms with Crippen molar-refractivity contribution in [2.75, 3.05) is 30.9 Å². The molecule has 0 saturated carbocycles. The molecule has 34 heavy (non-hydrogen) atoms. The maximum absolute atomic E-state index is 12.9. The summed E-state index contributed by atoms with van der Waals surface area (Å²) in [7, 11) is 3.59. The third kappa shape index (κ3) is 4.26. The summed E-state index contributed by atoms with van der Waals surface area (Å²) in [6.07, 6.45) is 3.77. The first-order valence-corrected chi connectivity index (χ1v) is 11.0. The third-order valence-corrected chi connectivity index (χ3v) is 6.19. The molecule has 2 aromatic rings. The molecule has 4 amide bonds. The molecule has 0 radical (unpaired) electrons. The number of hydrogen-bond acceptors (Lipinski definition) is 5. The number of ether oxygens (including phenoxy) is 1. The molecule has 2 aliphatic rings. The standard InChI is InChI=1S/C26H28N4O4/c1-16-14-26(2,3)29(4)21-13-22(34-5)17(11-19(16)21)12-20-24(32)30(25(33)28-20)15-23(31)27-18-9-7-6-8-10-18/h6-14H,15H2,1-5H3,(H,27,31)(H,28,33)/b20-12+. The molecule has 4 rings (SSSR count). The van der Waals surface area contributed by atoms with E-state index >= 15 is 0 Å². The van der Waals surface area contributed by atoms with Gasteiger partial charge in [-0.3, -0.25) is 9.59 Å². The number of likely N-dealkylation sites (N-methyl/N-ethyl adjacent to an activating group) is 1. The number of amides is 4. The molecular formula is C26H28N4O4. The minimum Gasteiger partial charge on any atom is -0.496 e. The number of carbonyl (C=O) groups is 3. The fraction of sp³-hybridized carbons (Fsp3) is 0.269. The van der Waals surface area contributed by atoms with Crippen molar-refractivity contribution in [2.45, 2.75) is 26.3 Å². The molecule has 0 unspecified atom stereocenters. The van der Waals surface area contributed by atoms with Crippen LogP contribution in [0.3, 0.4) is 0 Å². The van der Waals surface area contributed by atoms with E-state index in [-0.39, 0.29) is 17.8 Å². The number of fused-ring (bicyclic) bond motifs is 1. The maximum Gasteiger partial charge on any atom is 0.329 e. The summed E-state index contributed by atoms with van der Waals surface area (Å²) < 4.78 is 5.60. The Kier molecular flexibility index (Phi) is 5.91. The van der Waals surface area contributed by atoms with Gasteiger partial charge in [-0.25, -0.2) is 9.69 Å². The average molecular weight is 461 g/mol. The van der Waals surface area contributed by atoms with E-state index in [4.69, 9.17) is 4.74 Å². The summed E-state index contributed by atoms with van der Waals surface area (Å²) in [5.74, 6) is -0.460. The SMILES string of the molecule is COc1cc2c(cc1/C=C1/NC(=O)N(CC(=O)Nc3ccccc3)C1=O)C(C)=CC(C)(C)N2C. The van der Waals surface area contributed by atoms with Gasteiger partial charge in [-0.15, -0.1) is 0 Å². The predicted molar refractivity (Wildman–Crippen MR) is 132 cm³/mol. The van der Waals surface area contributed by atoms with E-state index in [1.807, 2.05) is 32.2 Å². The normalized spacial score (nSPS) is 17.9. The smallest absolute Gasteiger partial charge is 0.329 e. The molecule has 2 heterocycles. The van der Waals surface area contributed by atoms with Crippen LogP contribution in [0, 0.1) is 0 Å². The first-order chi connectivity index (χ1) is 16.1. The van der Waals surface area contributed by atoms with Crippen LogP contribution in [0.2, 0.25) is 0 Å². The van der Waals surface area contributed by atoms with Crippen molar-refractivity contribution in [1.82, 2.24) is 10.2 Å². The molecule has 1 fully saturated rings. The Morgan fingerprint density at radius 1 is 1.18 bits per heavy atom. The Morgan fingerprint density at radius 3 is 2.56 bits per heavy atom. The van der Waals surface area contributed by atoms with Crippen molar-refractivity contribution < 1.29 is 19.1 Å². The van der Waals surface area contributed by atoms with E-state index in [9.17, 15) is 14.4 Å². The molecule has 2 aliphatic heterocycles. The van der Waals surface area contributed by atoms with Crippen LogP contribution in [-0.2, 0) is 9.59 Å². The second-order valence-electron chi connectivity index (χ2n) is 8.95. The number of imide groups is 1. The van der Waals surface area contributed by atoms with E-state index in [1.165, 1.54) is 0 Å². The van der Waals surface area contributed by atoms with Gasteiger partial charge < -0.3 is 20.3 Å². The van der Waals surface area contributed by atoms with Gasteiger partial charge in [0.05, 0.1) is 12.6 Å². The highest BCUT2D eigenvalue weighted by Crippen LogP contribution is 2.41. The van der Waals surface area contributed by atoms with E-state index in [0.717, 1.165) is 21.7 Å². The molecule has 2 aromatic carbocycles. The van der Waals surface area contributed by atoms with Gasteiger partial charge in [-0.1, -0.05) is 24.3 Å². The lowest BCUT2D eigenvalue weighted by Crippen LogP contribution is -2.42.